The molecule has 0 bridgehead atoms. The Hall–Kier alpha value is -6.64. The molecule has 1 aromatic heterocycles. The Kier molecular flexibility index (Phi) is 7.19. The van der Waals surface area contributed by atoms with Gasteiger partial charge in [-0.2, -0.15) is 0 Å². The van der Waals surface area contributed by atoms with E-state index in [4.69, 9.17) is 9.97 Å². The van der Waals surface area contributed by atoms with Gasteiger partial charge >= 0.3 is 0 Å². The van der Waals surface area contributed by atoms with Crippen LogP contribution in [0.2, 0.25) is 0 Å². The third kappa shape index (κ3) is 5.10. The molecule has 250 valence electrons. The van der Waals surface area contributed by atoms with Gasteiger partial charge in [-0.1, -0.05) is 178 Å². The molecule has 0 radical (unpaired) electrons. The summed E-state index contributed by atoms with van der Waals surface area (Å²) in [7, 11) is 0. The lowest BCUT2D eigenvalue weighted by atomic mass is 9.80. The van der Waals surface area contributed by atoms with Crippen molar-refractivity contribution in [1.29, 1.82) is 0 Å². The van der Waals surface area contributed by atoms with Crippen LogP contribution in [0, 0.1) is 0 Å². The lowest BCUT2D eigenvalue weighted by molar-refractivity contribution is 0.666. The fourth-order valence-corrected chi connectivity index (χ4v) is 8.57. The normalized spacial score (nSPS) is 12.9. The van der Waals surface area contributed by atoms with Gasteiger partial charge in [-0.05, 0) is 84.3 Å². The number of benzene rings is 8. The first kappa shape index (κ1) is 31.1. The van der Waals surface area contributed by atoms with Crippen molar-refractivity contribution in [2.45, 2.75) is 19.3 Å². The molecule has 2 nitrogen and oxygen atoms in total. The third-order valence-corrected chi connectivity index (χ3v) is 11.1. The van der Waals surface area contributed by atoms with Gasteiger partial charge in [-0.15, -0.1) is 0 Å². The van der Waals surface area contributed by atoms with Crippen LogP contribution in [0.15, 0.2) is 182 Å². The number of aromatic nitrogens is 2. The summed E-state index contributed by atoms with van der Waals surface area (Å²) < 4.78 is 0. The average Bonchev–Trinajstić information content (AvgIpc) is 3.46. The highest BCUT2D eigenvalue weighted by Crippen LogP contribution is 2.52. The third-order valence-electron chi connectivity index (χ3n) is 11.1. The highest BCUT2D eigenvalue weighted by atomic mass is 14.9. The first-order valence-corrected chi connectivity index (χ1v) is 18.3. The second-order valence-corrected chi connectivity index (χ2v) is 14.5. The second kappa shape index (κ2) is 12.3. The van der Waals surface area contributed by atoms with E-state index >= 15 is 0 Å². The zero-order chi connectivity index (χ0) is 35.5. The van der Waals surface area contributed by atoms with Gasteiger partial charge in [0.2, 0.25) is 0 Å². The molecule has 9 aromatic rings. The van der Waals surface area contributed by atoms with Crippen LogP contribution in [0.4, 0.5) is 0 Å². The highest BCUT2D eigenvalue weighted by Gasteiger charge is 2.37. The number of nitrogens with zero attached hydrogens (tertiary/aromatic N) is 2. The standard InChI is InChI=1S/C51H36N2/c1-51(2)46-30-26-36(31-45(46)43-27-25-34-17-9-10-21-39(34)49(43)51)38-28-29-44(41-23-13-12-22-40(38)41)50-52-47(35-18-7-4-8-19-35)32-48(53-50)42-24-14-11-20-37(42)33-15-5-3-6-16-33/h3-32H,1-2H3. The van der Waals surface area contributed by atoms with Crippen LogP contribution < -0.4 is 0 Å². The molecule has 0 atom stereocenters. The van der Waals surface area contributed by atoms with Gasteiger partial charge in [0.25, 0.3) is 0 Å². The molecule has 53 heavy (non-hydrogen) atoms. The SMILES string of the molecule is CC1(C)c2ccc(-c3ccc(-c4nc(-c5ccccc5)cc(-c5ccccc5-c5ccccc5)n4)c4ccccc34)cc2-c2ccc3ccccc3c21. The fourth-order valence-electron chi connectivity index (χ4n) is 8.57. The predicted molar refractivity (Wildman–Crippen MR) is 222 cm³/mol. The van der Waals surface area contributed by atoms with Crippen LogP contribution >= 0.6 is 0 Å². The van der Waals surface area contributed by atoms with Crippen molar-refractivity contribution in [3.8, 4) is 67.3 Å². The maximum absolute atomic E-state index is 5.34. The summed E-state index contributed by atoms with van der Waals surface area (Å²) in [6.07, 6.45) is 0. The van der Waals surface area contributed by atoms with Gasteiger partial charge in [0, 0.05) is 22.1 Å². The molecular weight excluding hydrogens is 641 g/mol. The number of rotatable bonds is 5. The maximum Gasteiger partial charge on any atom is 0.161 e. The Balaban J connectivity index is 1.15. The van der Waals surface area contributed by atoms with Crippen LogP contribution in [0.3, 0.4) is 0 Å². The molecule has 1 aliphatic carbocycles. The minimum Gasteiger partial charge on any atom is -0.228 e. The minimum absolute atomic E-state index is 0.0894. The summed E-state index contributed by atoms with van der Waals surface area (Å²) in [6, 6.07) is 65.2. The Morgan fingerprint density at radius 1 is 0.358 bits per heavy atom. The first-order valence-electron chi connectivity index (χ1n) is 18.3. The molecule has 0 unspecified atom stereocenters. The molecule has 0 saturated heterocycles. The molecule has 0 fully saturated rings. The van der Waals surface area contributed by atoms with Crippen molar-refractivity contribution in [2.75, 3.05) is 0 Å². The summed E-state index contributed by atoms with van der Waals surface area (Å²) >= 11 is 0. The van der Waals surface area contributed by atoms with Crippen LogP contribution in [0.1, 0.15) is 25.0 Å². The van der Waals surface area contributed by atoms with Gasteiger partial charge in [-0.3, -0.25) is 0 Å². The number of fused-ring (bicyclic) bond motifs is 6. The van der Waals surface area contributed by atoms with Gasteiger partial charge in [0.15, 0.2) is 5.82 Å². The number of hydrogen-bond donors (Lipinski definition) is 0. The van der Waals surface area contributed by atoms with E-state index in [2.05, 4.69) is 190 Å². The van der Waals surface area contributed by atoms with Crippen LogP contribution in [-0.2, 0) is 5.41 Å². The summed E-state index contributed by atoms with van der Waals surface area (Å²) in [5.74, 6) is 0.712. The van der Waals surface area contributed by atoms with Gasteiger partial charge in [-0.25, -0.2) is 9.97 Å². The minimum atomic E-state index is -0.0894. The summed E-state index contributed by atoms with van der Waals surface area (Å²) in [6.45, 7) is 4.73. The summed E-state index contributed by atoms with van der Waals surface area (Å²) in [4.78, 5) is 10.6. The van der Waals surface area contributed by atoms with E-state index in [1.807, 2.05) is 6.07 Å². The van der Waals surface area contributed by atoms with Crippen molar-refractivity contribution >= 4 is 21.5 Å². The zero-order valence-corrected chi connectivity index (χ0v) is 29.7. The molecule has 8 aromatic carbocycles. The van der Waals surface area contributed by atoms with E-state index in [-0.39, 0.29) is 5.41 Å². The van der Waals surface area contributed by atoms with Crippen molar-refractivity contribution in [1.82, 2.24) is 9.97 Å². The molecule has 0 spiro atoms. The monoisotopic (exact) mass is 676 g/mol. The summed E-state index contributed by atoms with van der Waals surface area (Å²) in [5, 5.41) is 4.94. The lowest BCUT2D eigenvalue weighted by Crippen LogP contribution is -2.15. The number of hydrogen-bond acceptors (Lipinski definition) is 2. The average molecular weight is 677 g/mol. The molecule has 1 heterocycles. The first-order chi connectivity index (χ1) is 26.0. The molecule has 0 aliphatic heterocycles. The van der Waals surface area contributed by atoms with Crippen LogP contribution in [0.25, 0.3) is 88.8 Å². The van der Waals surface area contributed by atoms with Gasteiger partial charge < -0.3 is 0 Å². The molecule has 0 N–H and O–H groups in total. The Labute approximate surface area is 310 Å². The predicted octanol–water partition coefficient (Wildman–Crippen LogP) is 13.4. The topological polar surface area (TPSA) is 25.8 Å². The van der Waals surface area contributed by atoms with Crippen molar-refractivity contribution < 1.29 is 0 Å². The Morgan fingerprint density at radius 3 is 1.72 bits per heavy atom. The smallest absolute Gasteiger partial charge is 0.161 e. The molecule has 1 aliphatic rings. The molecule has 2 heteroatoms. The molecule has 0 saturated carbocycles. The van der Waals surface area contributed by atoms with E-state index < -0.39 is 0 Å². The molecule has 10 rings (SSSR count). The largest absolute Gasteiger partial charge is 0.228 e. The molecular formula is C51H36N2. The van der Waals surface area contributed by atoms with E-state index in [1.54, 1.807) is 0 Å². The van der Waals surface area contributed by atoms with E-state index in [0.717, 1.165) is 44.6 Å². The van der Waals surface area contributed by atoms with Crippen LogP contribution in [-0.4, -0.2) is 9.97 Å². The van der Waals surface area contributed by atoms with E-state index in [1.165, 1.54) is 49.5 Å². The summed E-state index contributed by atoms with van der Waals surface area (Å²) in [5.41, 5.74) is 15.0. The van der Waals surface area contributed by atoms with Crippen molar-refractivity contribution in [3.05, 3.63) is 193 Å². The van der Waals surface area contributed by atoms with Crippen LogP contribution in [0.5, 0.6) is 0 Å². The van der Waals surface area contributed by atoms with Crippen molar-refractivity contribution in [3.63, 3.8) is 0 Å². The molecule has 0 amide bonds. The van der Waals surface area contributed by atoms with Gasteiger partial charge in [0.05, 0.1) is 11.4 Å². The second-order valence-electron chi connectivity index (χ2n) is 14.5. The zero-order valence-electron chi connectivity index (χ0n) is 29.7. The maximum atomic E-state index is 5.34. The van der Waals surface area contributed by atoms with E-state index in [9.17, 15) is 0 Å². The Morgan fingerprint density at radius 2 is 0.943 bits per heavy atom. The van der Waals surface area contributed by atoms with E-state index in [0.29, 0.717) is 5.82 Å². The fraction of sp³-hybridized carbons (Fsp3) is 0.0588. The Bertz CT molecular complexity index is 2850. The van der Waals surface area contributed by atoms with Gasteiger partial charge in [0.1, 0.15) is 0 Å². The quantitative estimate of drug-likeness (QED) is 0.181. The highest BCUT2D eigenvalue weighted by molar-refractivity contribution is 6.05. The van der Waals surface area contributed by atoms with Crippen molar-refractivity contribution in [2.24, 2.45) is 0 Å². The lowest BCUT2D eigenvalue weighted by Gasteiger charge is -2.23.